The Morgan fingerprint density at radius 1 is 1.18 bits per heavy atom. The van der Waals surface area contributed by atoms with Crippen LogP contribution in [0.4, 0.5) is 0 Å². The summed E-state index contributed by atoms with van der Waals surface area (Å²) in [6.45, 7) is 4.42. The van der Waals surface area contributed by atoms with E-state index in [0.717, 1.165) is 5.92 Å². The molecule has 0 aliphatic heterocycles. The second-order valence-electron chi connectivity index (χ2n) is 5.55. The van der Waals surface area contributed by atoms with Gasteiger partial charge in [0.05, 0.1) is 0 Å². The normalized spacial score (nSPS) is 19.2. The number of hydrogen-bond acceptors (Lipinski definition) is 0. The molecule has 1 unspecified atom stereocenters. The molecule has 1 heteroatoms. The fraction of sp³-hybridized carbons (Fsp3) is 0.625. The molecule has 1 fully saturated rings. The van der Waals surface area contributed by atoms with E-state index in [1.807, 2.05) is 0 Å². The minimum absolute atomic E-state index is 0.670. The first-order chi connectivity index (χ1) is 8.16. The van der Waals surface area contributed by atoms with Gasteiger partial charge in [-0.3, -0.25) is 0 Å². The van der Waals surface area contributed by atoms with Crippen molar-refractivity contribution in [1.29, 1.82) is 0 Å². The largest absolute Gasteiger partial charge is 0.0884 e. The van der Waals surface area contributed by atoms with Crippen LogP contribution in [0.5, 0.6) is 0 Å². The molecular weight excluding hydrogens is 272 g/mol. The Morgan fingerprint density at radius 3 is 2.59 bits per heavy atom. The van der Waals surface area contributed by atoms with E-state index in [9.17, 15) is 0 Å². The van der Waals surface area contributed by atoms with Crippen LogP contribution in [0.3, 0.4) is 0 Å². The maximum Gasteiger partial charge on any atom is 0.0214 e. The predicted molar refractivity (Wildman–Crippen MR) is 78.9 cm³/mol. The lowest BCUT2D eigenvalue weighted by Crippen LogP contribution is -2.20. The summed E-state index contributed by atoms with van der Waals surface area (Å²) in [4.78, 5) is 0.670. The Morgan fingerprint density at radius 2 is 1.88 bits per heavy atom. The Kier molecular flexibility index (Phi) is 4.67. The SMILES string of the molecule is Cc1ccc(C)c(CC(Br)C2CCCCC2)c1. The van der Waals surface area contributed by atoms with E-state index in [0.29, 0.717) is 4.83 Å². The molecule has 2 rings (SSSR count). The third kappa shape index (κ3) is 3.58. The van der Waals surface area contributed by atoms with Crippen molar-refractivity contribution < 1.29 is 0 Å². The Bertz CT molecular complexity index is 364. The molecular formula is C16H23Br. The highest BCUT2D eigenvalue weighted by molar-refractivity contribution is 9.09. The molecule has 1 aliphatic rings. The van der Waals surface area contributed by atoms with Crippen LogP contribution in [-0.2, 0) is 6.42 Å². The molecule has 1 saturated carbocycles. The molecule has 0 amide bonds. The van der Waals surface area contributed by atoms with Gasteiger partial charge in [-0.1, -0.05) is 59.0 Å². The van der Waals surface area contributed by atoms with E-state index < -0.39 is 0 Å². The molecule has 0 bridgehead atoms. The average molecular weight is 295 g/mol. The van der Waals surface area contributed by atoms with Crippen LogP contribution >= 0.6 is 15.9 Å². The molecule has 0 radical (unpaired) electrons. The molecule has 0 aromatic heterocycles. The average Bonchev–Trinajstić information content (AvgIpc) is 2.35. The smallest absolute Gasteiger partial charge is 0.0214 e. The second-order valence-corrected chi connectivity index (χ2v) is 6.72. The fourth-order valence-electron chi connectivity index (χ4n) is 2.89. The number of rotatable bonds is 3. The summed E-state index contributed by atoms with van der Waals surface area (Å²) >= 11 is 3.93. The van der Waals surface area contributed by atoms with Gasteiger partial charge in [0, 0.05) is 4.83 Å². The van der Waals surface area contributed by atoms with Crippen LogP contribution in [0, 0.1) is 19.8 Å². The highest BCUT2D eigenvalue weighted by Gasteiger charge is 2.21. The first-order valence-corrected chi connectivity index (χ1v) is 7.78. The first kappa shape index (κ1) is 13.1. The Balaban J connectivity index is 2.01. The van der Waals surface area contributed by atoms with Crippen molar-refractivity contribution in [1.82, 2.24) is 0 Å². The molecule has 1 aliphatic carbocycles. The number of aryl methyl sites for hydroxylation is 2. The van der Waals surface area contributed by atoms with E-state index >= 15 is 0 Å². The van der Waals surface area contributed by atoms with Crippen LogP contribution in [0.25, 0.3) is 0 Å². The highest BCUT2D eigenvalue weighted by atomic mass is 79.9. The molecule has 1 aromatic carbocycles. The zero-order valence-electron chi connectivity index (χ0n) is 11.0. The van der Waals surface area contributed by atoms with Crippen molar-refractivity contribution in [2.24, 2.45) is 5.92 Å². The van der Waals surface area contributed by atoms with Gasteiger partial charge < -0.3 is 0 Å². The first-order valence-electron chi connectivity index (χ1n) is 6.87. The summed E-state index contributed by atoms with van der Waals surface area (Å²) in [6, 6.07) is 6.82. The molecule has 1 aromatic rings. The van der Waals surface area contributed by atoms with Crippen molar-refractivity contribution in [3.05, 3.63) is 34.9 Å². The van der Waals surface area contributed by atoms with Gasteiger partial charge in [0.25, 0.3) is 0 Å². The summed E-state index contributed by atoms with van der Waals surface area (Å²) in [6.07, 6.45) is 8.33. The van der Waals surface area contributed by atoms with Crippen molar-refractivity contribution in [2.45, 2.75) is 57.2 Å². The summed E-state index contributed by atoms with van der Waals surface area (Å²) in [5.74, 6) is 0.892. The monoisotopic (exact) mass is 294 g/mol. The number of hydrogen-bond donors (Lipinski definition) is 0. The quantitative estimate of drug-likeness (QED) is 0.673. The second kappa shape index (κ2) is 6.04. The van der Waals surface area contributed by atoms with Gasteiger partial charge in [0.1, 0.15) is 0 Å². The third-order valence-electron chi connectivity index (χ3n) is 4.08. The molecule has 0 nitrogen and oxygen atoms in total. The summed E-state index contributed by atoms with van der Waals surface area (Å²) in [7, 11) is 0. The van der Waals surface area contributed by atoms with Crippen molar-refractivity contribution in [3.63, 3.8) is 0 Å². The fourth-order valence-corrected chi connectivity index (χ4v) is 3.77. The number of benzene rings is 1. The van der Waals surface area contributed by atoms with Crippen LogP contribution in [0.1, 0.15) is 48.8 Å². The zero-order valence-corrected chi connectivity index (χ0v) is 12.6. The Hall–Kier alpha value is -0.300. The molecule has 94 valence electrons. The van der Waals surface area contributed by atoms with E-state index in [2.05, 4.69) is 48.0 Å². The number of halogens is 1. The zero-order chi connectivity index (χ0) is 12.3. The van der Waals surface area contributed by atoms with E-state index in [1.165, 1.54) is 55.2 Å². The summed E-state index contributed by atoms with van der Waals surface area (Å²) in [5.41, 5.74) is 4.35. The van der Waals surface area contributed by atoms with Gasteiger partial charge >= 0.3 is 0 Å². The maximum atomic E-state index is 3.93. The van der Waals surface area contributed by atoms with Gasteiger partial charge in [-0.05, 0) is 50.2 Å². The summed E-state index contributed by atoms with van der Waals surface area (Å²) < 4.78 is 0. The predicted octanol–water partition coefficient (Wildman–Crippen LogP) is 5.19. The van der Waals surface area contributed by atoms with Crippen LogP contribution in [0.2, 0.25) is 0 Å². The topological polar surface area (TPSA) is 0 Å². The highest BCUT2D eigenvalue weighted by Crippen LogP contribution is 2.32. The van der Waals surface area contributed by atoms with Gasteiger partial charge in [0.15, 0.2) is 0 Å². The molecule has 0 saturated heterocycles. The lowest BCUT2D eigenvalue weighted by Gasteiger charge is -2.27. The third-order valence-corrected chi connectivity index (χ3v) is 5.15. The van der Waals surface area contributed by atoms with Gasteiger partial charge in [-0.2, -0.15) is 0 Å². The van der Waals surface area contributed by atoms with E-state index in [1.54, 1.807) is 0 Å². The van der Waals surface area contributed by atoms with E-state index in [4.69, 9.17) is 0 Å². The van der Waals surface area contributed by atoms with E-state index in [-0.39, 0.29) is 0 Å². The maximum absolute atomic E-state index is 3.93. The van der Waals surface area contributed by atoms with Crippen molar-refractivity contribution in [3.8, 4) is 0 Å². The summed E-state index contributed by atoms with van der Waals surface area (Å²) in [5, 5.41) is 0. The molecule has 0 spiro atoms. The number of alkyl halides is 1. The standard InChI is InChI=1S/C16H23Br/c1-12-8-9-13(2)15(10-12)11-16(17)14-6-4-3-5-7-14/h8-10,14,16H,3-7,11H2,1-2H3. The molecule has 17 heavy (non-hydrogen) atoms. The Labute approximate surface area is 114 Å². The van der Waals surface area contributed by atoms with Gasteiger partial charge in [-0.15, -0.1) is 0 Å². The molecule has 0 heterocycles. The van der Waals surface area contributed by atoms with Crippen LogP contribution in [-0.4, -0.2) is 4.83 Å². The lowest BCUT2D eigenvalue weighted by atomic mass is 9.84. The van der Waals surface area contributed by atoms with Crippen molar-refractivity contribution in [2.75, 3.05) is 0 Å². The minimum atomic E-state index is 0.670. The lowest BCUT2D eigenvalue weighted by molar-refractivity contribution is 0.350. The van der Waals surface area contributed by atoms with Crippen molar-refractivity contribution >= 4 is 15.9 Å². The molecule has 0 N–H and O–H groups in total. The van der Waals surface area contributed by atoms with Crippen LogP contribution in [0.15, 0.2) is 18.2 Å². The van der Waals surface area contributed by atoms with Gasteiger partial charge in [0.2, 0.25) is 0 Å². The van der Waals surface area contributed by atoms with Crippen LogP contribution < -0.4 is 0 Å². The van der Waals surface area contributed by atoms with Gasteiger partial charge in [-0.25, -0.2) is 0 Å². The molecule has 1 atom stereocenters. The minimum Gasteiger partial charge on any atom is -0.0884 e.